The third-order valence-electron chi connectivity index (χ3n) is 6.06. The van der Waals surface area contributed by atoms with Crippen LogP contribution in [0.5, 0.6) is 0 Å². The van der Waals surface area contributed by atoms with E-state index in [9.17, 15) is 19.7 Å². The number of amides is 2. The number of rotatable bonds is 5. The summed E-state index contributed by atoms with van der Waals surface area (Å²) in [5.74, 6) is -0.411. The van der Waals surface area contributed by atoms with Crippen molar-refractivity contribution in [3.05, 3.63) is 79.2 Å². The fourth-order valence-corrected chi connectivity index (χ4v) is 5.53. The zero-order valence-electron chi connectivity index (χ0n) is 19.3. The first-order valence-electron chi connectivity index (χ1n) is 10.8. The van der Waals surface area contributed by atoms with Crippen molar-refractivity contribution in [2.24, 2.45) is 0 Å². The minimum Gasteiger partial charge on any atom is -0.363 e. The Morgan fingerprint density at radius 3 is 2.47 bits per heavy atom. The van der Waals surface area contributed by atoms with Gasteiger partial charge in [-0.25, -0.2) is 0 Å². The molecule has 1 fully saturated rings. The van der Waals surface area contributed by atoms with Gasteiger partial charge in [0.15, 0.2) is 0 Å². The van der Waals surface area contributed by atoms with Gasteiger partial charge in [-0.3, -0.25) is 24.6 Å². The molecule has 1 saturated heterocycles. The molecule has 0 aliphatic carbocycles. The van der Waals surface area contributed by atoms with Gasteiger partial charge in [-0.1, -0.05) is 29.8 Å². The number of imide groups is 1. The molecule has 2 aliphatic heterocycles. The number of carbonyl (C=O) groups is 2. The Labute approximate surface area is 207 Å². The van der Waals surface area contributed by atoms with E-state index in [1.54, 1.807) is 18.2 Å². The smallest absolute Gasteiger partial charge is 0.293 e. The van der Waals surface area contributed by atoms with E-state index >= 15 is 0 Å². The lowest BCUT2D eigenvalue weighted by molar-refractivity contribution is -0.384. The topological polar surface area (TPSA) is 83.8 Å². The highest BCUT2D eigenvalue weighted by Crippen LogP contribution is 2.42. The van der Waals surface area contributed by atoms with E-state index in [0.717, 1.165) is 40.0 Å². The standard InChI is InChI=1S/C25H24ClN3O4S/c1-5-28-21-12-20(26)17(10-19(21)15(2)13-25(28,3)4)11-22-23(30)27(24(31)34-22)14-16-6-8-18(9-7-16)29(32)33/h6-13H,5,14H2,1-4H3/b22-11+. The molecule has 176 valence electrons. The molecule has 0 radical (unpaired) electrons. The number of hydrogen-bond donors (Lipinski definition) is 0. The second-order valence-corrected chi connectivity index (χ2v) is 10.2. The maximum absolute atomic E-state index is 13.0. The van der Waals surface area contributed by atoms with Crippen molar-refractivity contribution in [3.8, 4) is 0 Å². The number of hydrogen-bond acceptors (Lipinski definition) is 6. The van der Waals surface area contributed by atoms with Gasteiger partial charge in [0.05, 0.1) is 21.9 Å². The van der Waals surface area contributed by atoms with Gasteiger partial charge in [0, 0.05) is 35.0 Å². The Hall–Kier alpha value is -3.10. The Bertz CT molecular complexity index is 1270. The van der Waals surface area contributed by atoms with Crippen molar-refractivity contribution in [1.82, 2.24) is 4.90 Å². The van der Waals surface area contributed by atoms with Gasteiger partial charge in [-0.05, 0) is 74.4 Å². The van der Waals surface area contributed by atoms with Gasteiger partial charge < -0.3 is 4.90 Å². The average molecular weight is 498 g/mol. The number of nitrogens with zero attached hydrogens (tertiary/aromatic N) is 3. The van der Waals surface area contributed by atoms with Crippen LogP contribution < -0.4 is 4.90 Å². The number of non-ortho nitro benzene ring substituents is 1. The van der Waals surface area contributed by atoms with E-state index in [1.165, 1.54) is 12.1 Å². The van der Waals surface area contributed by atoms with E-state index < -0.39 is 16.1 Å². The van der Waals surface area contributed by atoms with Gasteiger partial charge >= 0.3 is 0 Å². The molecule has 0 N–H and O–H groups in total. The van der Waals surface area contributed by atoms with Crippen molar-refractivity contribution in [2.45, 2.75) is 39.8 Å². The molecular formula is C25H24ClN3O4S. The third-order valence-corrected chi connectivity index (χ3v) is 7.30. The highest BCUT2D eigenvalue weighted by Gasteiger charge is 2.36. The third kappa shape index (κ3) is 4.35. The minimum absolute atomic E-state index is 0.0420. The number of benzene rings is 2. The average Bonchev–Trinajstić information content (AvgIpc) is 3.02. The van der Waals surface area contributed by atoms with Crippen molar-refractivity contribution < 1.29 is 14.5 Å². The predicted octanol–water partition coefficient (Wildman–Crippen LogP) is 6.51. The molecule has 2 aromatic carbocycles. The molecule has 9 heteroatoms. The molecule has 0 aromatic heterocycles. The Kier molecular flexibility index (Phi) is 6.31. The number of allylic oxidation sites excluding steroid dienone is 1. The summed E-state index contributed by atoms with van der Waals surface area (Å²) < 4.78 is 0. The molecule has 4 rings (SSSR count). The van der Waals surface area contributed by atoms with Crippen molar-refractivity contribution in [2.75, 3.05) is 11.4 Å². The second-order valence-electron chi connectivity index (χ2n) is 8.81. The first-order valence-corrected chi connectivity index (χ1v) is 12.0. The van der Waals surface area contributed by atoms with Crippen LogP contribution in [-0.4, -0.2) is 33.1 Å². The van der Waals surface area contributed by atoms with Crippen LogP contribution in [0, 0.1) is 10.1 Å². The molecule has 0 spiro atoms. The molecule has 2 aromatic rings. The summed E-state index contributed by atoms with van der Waals surface area (Å²) in [6.07, 6.45) is 3.88. The van der Waals surface area contributed by atoms with Crippen LogP contribution in [0.25, 0.3) is 11.6 Å². The second kappa shape index (κ2) is 8.92. The van der Waals surface area contributed by atoms with Crippen molar-refractivity contribution >= 4 is 57.5 Å². The van der Waals surface area contributed by atoms with E-state index in [0.29, 0.717) is 21.1 Å². The maximum Gasteiger partial charge on any atom is 0.293 e. The lowest BCUT2D eigenvalue weighted by Gasteiger charge is -2.43. The Balaban J connectivity index is 1.62. The largest absolute Gasteiger partial charge is 0.363 e. The zero-order valence-corrected chi connectivity index (χ0v) is 20.9. The van der Waals surface area contributed by atoms with Crippen LogP contribution in [0.4, 0.5) is 16.2 Å². The number of anilines is 1. The summed E-state index contributed by atoms with van der Waals surface area (Å²) in [4.78, 5) is 39.6. The maximum atomic E-state index is 13.0. The first kappa shape index (κ1) is 24.0. The van der Waals surface area contributed by atoms with Gasteiger partial charge in [0.25, 0.3) is 16.8 Å². The molecule has 0 atom stereocenters. The zero-order chi connectivity index (χ0) is 24.8. The number of thioether (sulfide) groups is 1. The monoisotopic (exact) mass is 497 g/mol. The number of fused-ring (bicyclic) bond motifs is 1. The first-order chi connectivity index (χ1) is 16.0. The van der Waals surface area contributed by atoms with E-state index in [4.69, 9.17) is 11.6 Å². The van der Waals surface area contributed by atoms with Crippen LogP contribution in [0.15, 0.2) is 47.4 Å². The lowest BCUT2D eigenvalue weighted by Crippen LogP contribution is -2.44. The number of nitro groups is 1. The Morgan fingerprint density at radius 1 is 1.18 bits per heavy atom. The summed E-state index contributed by atoms with van der Waals surface area (Å²) in [6.45, 7) is 9.34. The van der Waals surface area contributed by atoms with Gasteiger partial charge in [-0.2, -0.15) is 0 Å². The number of carbonyl (C=O) groups excluding carboxylic acids is 2. The van der Waals surface area contributed by atoms with Crippen molar-refractivity contribution in [3.63, 3.8) is 0 Å². The molecule has 34 heavy (non-hydrogen) atoms. The number of halogens is 1. The fraction of sp³-hybridized carbons (Fsp3) is 0.280. The quantitative estimate of drug-likeness (QED) is 0.266. The number of likely N-dealkylation sites (N-methyl/N-ethyl adjacent to an activating group) is 1. The van der Waals surface area contributed by atoms with E-state index in [2.05, 4.69) is 38.7 Å². The normalized spacial score (nSPS) is 18.4. The Morgan fingerprint density at radius 2 is 1.85 bits per heavy atom. The van der Waals surface area contributed by atoms with Crippen molar-refractivity contribution in [1.29, 1.82) is 0 Å². The molecule has 0 saturated carbocycles. The summed E-state index contributed by atoms with van der Waals surface area (Å²) in [5, 5.41) is 11.0. The summed E-state index contributed by atoms with van der Waals surface area (Å²) in [6, 6.07) is 9.68. The van der Waals surface area contributed by atoms with Crippen LogP contribution >= 0.6 is 23.4 Å². The fourth-order valence-electron chi connectivity index (χ4n) is 4.49. The molecule has 0 bridgehead atoms. The summed E-state index contributed by atoms with van der Waals surface area (Å²) in [5.41, 5.74) is 4.32. The van der Waals surface area contributed by atoms with E-state index in [-0.39, 0.29) is 17.8 Å². The highest BCUT2D eigenvalue weighted by atomic mass is 35.5. The summed E-state index contributed by atoms with van der Waals surface area (Å²) >= 11 is 7.49. The SMILES string of the molecule is CCN1c2cc(Cl)c(/C=C3/SC(=O)N(Cc4ccc([N+](=O)[O-])cc4)C3=O)cc2C(C)=CC1(C)C. The van der Waals surface area contributed by atoms with Crippen LogP contribution in [0.2, 0.25) is 5.02 Å². The summed E-state index contributed by atoms with van der Waals surface area (Å²) in [7, 11) is 0. The van der Waals surface area contributed by atoms with Gasteiger partial charge in [-0.15, -0.1) is 0 Å². The predicted molar refractivity (Wildman–Crippen MR) is 137 cm³/mol. The van der Waals surface area contributed by atoms with Crippen LogP contribution in [0.3, 0.4) is 0 Å². The number of nitro benzene ring substituents is 1. The molecule has 7 nitrogen and oxygen atoms in total. The molecule has 2 aliphatic rings. The minimum atomic E-state index is -0.493. The highest BCUT2D eigenvalue weighted by molar-refractivity contribution is 8.18. The molecule has 2 heterocycles. The van der Waals surface area contributed by atoms with Crippen LogP contribution in [0.1, 0.15) is 44.4 Å². The van der Waals surface area contributed by atoms with Gasteiger partial charge in [0.1, 0.15) is 0 Å². The van der Waals surface area contributed by atoms with E-state index in [1.807, 2.05) is 12.1 Å². The van der Waals surface area contributed by atoms with Gasteiger partial charge in [0.2, 0.25) is 0 Å². The van der Waals surface area contributed by atoms with Crippen LogP contribution in [-0.2, 0) is 11.3 Å². The lowest BCUT2D eigenvalue weighted by atomic mass is 9.88. The molecule has 2 amide bonds. The molecular weight excluding hydrogens is 474 g/mol. The molecule has 0 unspecified atom stereocenters.